The Bertz CT molecular complexity index is 324. The Kier molecular flexibility index (Phi) is 6.76. The van der Waals surface area contributed by atoms with Gasteiger partial charge in [0.25, 0.3) is 0 Å². The van der Waals surface area contributed by atoms with Gasteiger partial charge in [-0.2, -0.15) is 0 Å². The lowest BCUT2D eigenvalue weighted by atomic mass is 10.2. The third kappa shape index (κ3) is 5.68. The summed E-state index contributed by atoms with van der Waals surface area (Å²) in [4.78, 5) is 1.30. The molecular weight excluding hydrogens is 238 g/mol. The largest absolute Gasteiger partial charge is 0.313 e. The molecule has 0 aliphatic heterocycles. The Hall–Kier alpha value is -0.320. The molecule has 1 N–H and O–H groups in total. The minimum atomic E-state index is -0.661. The van der Waals surface area contributed by atoms with Gasteiger partial charge in [-0.1, -0.05) is 12.1 Å². The van der Waals surface area contributed by atoms with Crippen LogP contribution in [0.5, 0.6) is 0 Å². The first-order chi connectivity index (χ1) is 7.72. The summed E-state index contributed by atoms with van der Waals surface area (Å²) in [5.41, 5.74) is 1.30. The Balaban J connectivity index is 2.19. The van der Waals surface area contributed by atoms with Crippen LogP contribution in [0.2, 0.25) is 0 Å². The van der Waals surface area contributed by atoms with E-state index in [1.54, 1.807) is 18.0 Å². The van der Waals surface area contributed by atoms with Crippen molar-refractivity contribution in [3.63, 3.8) is 0 Å². The molecule has 0 aliphatic rings. The van der Waals surface area contributed by atoms with Gasteiger partial charge in [-0.3, -0.25) is 4.21 Å². The second kappa shape index (κ2) is 7.87. The number of thioether (sulfide) groups is 1. The highest BCUT2D eigenvalue weighted by atomic mass is 32.2. The summed E-state index contributed by atoms with van der Waals surface area (Å²) < 4.78 is 10.8. The molecule has 0 spiro atoms. The van der Waals surface area contributed by atoms with Crippen molar-refractivity contribution in [2.24, 2.45) is 0 Å². The first-order valence-corrected chi connectivity index (χ1v) is 8.31. The second-order valence-corrected chi connectivity index (χ2v) is 6.09. The van der Waals surface area contributed by atoms with Crippen molar-refractivity contribution in [3.8, 4) is 0 Å². The van der Waals surface area contributed by atoms with Gasteiger partial charge in [-0.15, -0.1) is 11.8 Å². The lowest BCUT2D eigenvalue weighted by Crippen LogP contribution is -2.16. The zero-order valence-electron chi connectivity index (χ0n) is 9.86. The fourth-order valence-corrected chi connectivity index (χ4v) is 2.34. The molecule has 0 saturated carbocycles. The molecule has 1 aromatic rings. The molecule has 4 heteroatoms. The summed E-state index contributed by atoms with van der Waals surface area (Å²) in [6, 6.07) is 8.58. The van der Waals surface area contributed by atoms with Gasteiger partial charge in [0, 0.05) is 34.2 Å². The standard InChI is InChI=1S/C12H19NOS2/c1-15-12-6-4-11(5-7-12)10-13-8-3-9-16(2)14/h4-7,13H,3,8-10H2,1-2H3. The smallest absolute Gasteiger partial charge is 0.0244 e. The predicted octanol–water partition coefficient (Wildman–Crippen LogP) is 2.27. The van der Waals surface area contributed by atoms with Crippen LogP contribution in [0.25, 0.3) is 0 Å². The minimum absolute atomic E-state index is 0.661. The molecule has 0 aromatic heterocycles. The number of benzene rings is 1. The molecule has 0 bridgehead atoms. The number of hydrogen-bond donors (Lipinski definition) is 1. The van der Waals surface area contributed by atoms with Crippen molar-refractivity contribution < 1.29 is 4.21 Å². The van der Waals surface area contributed by atoms with E-state index in [0.717, 1.165) is 25.3 Å². The van der Waals surface area contributed by atoms with Crippen LogP contribution in [0.3, 0.4) is 0 Å². The molecule has 0 fully saturated rings. The SMILES string of the molecule is CSc1ccc(CNCCCS(C)=O)cc1. The fraction of sp³-hybridized carbons (Fsp3) is 0.500. The summed E-state index contributed by atoms with van der Waals surface area (Å²) in [5.74, 6) is 0.790. The maximum absolute atomic E-state index is 10.8. The Morgan fingerprint density at radius 1 is 1.31 bits per heavy atom. The van der Waals surface area contributed by atoms with Crippen molar-refractivity contribution in [2.75, 3.05) is 24.8 Å². The highest BCUT2D eigenvalue weighted by Crippen LogP contribution is 2.14. The van der Waals surface area contributed by atoms with E-state index < -0.39 is 10.8 Å². The zero-order valence-corrected chi connectivity index (χ0v) is 11.5. The van der Waals surface area contributed by atoms with Crippen LogP contribution >= 0.6 is 11.8 Å². The Morgan fingerprint density at radius 3 is 2.56 bits per heavy atom. The molecule has 2 nitrogen and oxygen atoms in total. The van der Waals surface area contributed by atoms with Crippen molar-refractivity contribution in [1.29, 1.82) is 0 Å². The fourth-order valence-electron chi connectivity index (χ4n) is 1.38. The van der Waals surface area contributed by atoms with Crippen molar-refractivity contribution in [1.82, 2.24) is 5.32 Å². The van der Waals surface area contributed by atoms with Crippen molar-refractivity contribution in [3.05, 3.63) is 29.8 Å². The van der Waals surface area contributed by atoms with Crippen LogP contribution in [-0.2, 0) is 17.3 Å². The highest BCUT2D eigenvalue weighted by Gasteiger charge is 1.95. The third-order valence-corrected chi connectivity index (χ3v) is 3.88. The second-order valence-electron chi connectivity index (χ2n) is 3.66. The summed E-state index contributed by atoms with van der Waals surface area (Å²) in [6.45, 7) is 1.83. The quantitative estimate of drug-likeness (QED) is 0.600. The van der Waals surface area contributed by atoms with E-state index in [-0.39, 0.29) is 0 Å². The Labute approximate surface area is 105 Å². The number of hydrogen-bond acceptors (Lipinski definition) is 3. The zero-order chi connectivity index (χ0) is 11.8. The summed E-state index contributed by atoms with van der Waals surface area (Å²) in [7, 11) is -0.661. The van der Waals surface area contributed by atoms with Crippen LogP contribution in [-0.4, -0.2) is 29.0 Å². The number of nitrogens with one attached hydrogen (secondary N) is 1. The average molecular weight is 257 g/mol. The number of rotatable bonds is 7. The molecule has 1 rings (SSSR count). The maximum Gasteiger partial charge on any atom is 0.0244 e. The monoisotopic (exact) mass is 257 g/mol. The first kappa shape index (κ1) is 13.7. The van der Waals surface area contributed by atoms with Gasteiger partial charge in [0.1, 0.15) is 0 Å². The minimum Gasteiger partial charge on any atom is -0.313 e. The highest BCUT2D eigenvalue weighted by molar-refractivity contribution is 7.98. The average Bonchev–Trinajstić information content (AvgIpc) is 2.29. The first-order valence-electron chi connectivity index (χ1n) is 5.36. The summed E-state index contributed by atoms with van der Waals surface area (Å²) >= 11 is 1.76. The van der Waals surface area contributed by atoms with E-state index in [0.29, 0.717) is 0 Å². The van der Waals surface area contributed by atoms with Crippen molar-refractivity contribution in [2.45, 2.75) is 17.9 Å². The normalized spacial score (nSPS) is 12.6. The Morgan fingerprint density at radius 2 is 2.00 bits per heavy atom. The molecule has 0 heterocycles. The van der Waals surface area contributed by atoms with Crippen LogP contribution < -0.4 is 5.32 Å². The topological polar surface area (TPSA) is 29.1 Å². The van der Waals surface area contributed by atoms with E-state index >= 15 is 0 Å². The van der Waals surface area contributed by atoms with Gasteiger partial charge in [-0.25, -0.2) is 0 Å². The lowest BCUT2D eigenvalue weighted by molar-refractivity contribution is 0.662. The van der Waals surface area contributed by atoms with E-state index in [1.165, 1.54) is 10.5 Å². The molecule has 0 saturated heterocycles. The molecule has 1 atom stereocenters. The van der Waals surface area contributed by atoms with Gasteiger partial charge >= 0.3 is 0 Å². The van der Waals surface area contributed by atoms with E-state index in [9.17, 15) is 4.21 Å². The van der Waals surface area contributed by atoms with Crippen LogP contribution in [0, 0.1) is 0 Å². The molecule has 1 aromatic carbocycles. The van der Waals surface area contributed by atoms with E-state index in [1.807, 2.05) is 0 Å². The molecule has 16 heavy (non-hydrogen) atoms. The third-order valence-electron chi connectivity index (χ3n) is 2.27. The predicted molar refractivity (Wildman–Crippen MR) is 73.5 cm³/mol. The molecule has 0 amide bonds. The maximum atomic E-state index is 10.8. The van der Waals surface area contributed by atoms with Crippen molar-refractivity contribution >= 4 is 22.6 Å². The lowest BCUT2D eigenvalue weighted by Gasteiger charge is -2.05. The van der Waals surface area contributed by atoms with E-state index in [4.69, 9.17) is 0 Å². The van der Waals surface area contributed by atoms with Crippen LogP contribution in [0.15, 0.2) is 29.2 Å². The van der Waals surface area contributed by atoms with Crippen LogP contribution in [0.1, 0.15) is 12.0 Å². The molecule has 0 aliphatic carbocycles. The van der Waals surface area contributed by atoms with E-state index in [2.05, 4.69) is 35.8 Å². The molecular formula is C12H19NOS2. The van der Waals surface area contributed by atoms with Crippen LogP contribution in [0.4, 0.5) is 0 Å². The molecule has 0 radical (unpaired) electrons. The van der Waals surface area contributed by atoms with Gasteiger partial charge < -0.3 is 5.32 Å². The van der Waals surface area contributed by atoms with Gasteiger partial charge in [-0.05, 0) is 36.9 Å². The van der Waals surface area contributed by atoms with Gasteiger partial charge in [0.2, 0.25) is 0 Å². The summed E-state index contributed by atoms with van der Waals surface area (Å²) in [6.07, 6.45) is 4.81. The van der Waals surface area contributed by atoms with Gasteiger partial charge in [0.05, 0.1) is 0 Å². The van der Waals surface area contributed by atoms with Gasteiger partial charge in [0.15, 0.2) is 0 Å². The molecule has 1 unspecified atom stereocenters. The molecule has 90 valence electrons. The summed E-state index contributed by atoms with van der Waals surface area (Å²) in [5, 5.41) is 3.35.